The van der Waals surface area contributed by atoms with E-state index in [4.69, 9.17) is 9.15 Å². The van der Waals surface area contributed by atoms with E-state index in [0.29, 0.717) is 6.61 Å². The number of morpholine rings is 1. The number of hydrogen-bond acceptors (Lipinski definition) is 4. The standard InChI is InChI=1S/C19H25BrN2O2/c1-13(18-21-11-17(24-18)19(2,3)4)22-8-9-23-16(12-22)14-6-5-7-15(20)10-14/h5-7,10-11,13,16H,8-9,12H2,1-4H3/t13-,16+/m1/s1. The van der Waals surface area contributed by atoms with Gasteiger partial charge in [-0.1, -0.05) is 48.8 Å². The molecule has 2 heterocycles. The molecule has 2 atom stereocenters. The van der Waals surface area contributed by atoms with E-state index >= 15 is 0 Å². The predicted octanol–water partition coefficient (Wildman–Crippen LogP) is 4.87. The number of rotatable bonds is 3. The molecule has 4 nitrogen and oxygen atoms in total. The van der Waals surface area contributed by atoms with Gasteiger partial charge in [-0.25, -0.2) is 4.98 Å². The summed E-state index contributed by atoms with van der Waals surface area (Å²) in [7, 11) is 0. The Hall–Kier alpha value is -1.17. The van der Waals surface area contributed by atoms with Crippen LogP contribution in [0.1, 0.15) is 57.1 Å². The van der Waals surface area contributed by atoms with Crippen LogP contribution in [0.2, 0.25) is 0 Å². The summed E-state index contributed by atoms with van der Waals surface area (Å²) >= 11 is 3.54. The van der Waals surface area contributed by atoms with Gasteiger partial charge in [0.2, 0.25) is 5.89 Å². The van der Waals surface area contributed by atoms with E-state index in [1.807, 2.05) is 12.3 Å². The molecular formula is C19H25BrN2O2. The highest BCUT2D eigenvalue weighted by molar-refractivity contribution is 9.10. The van der Waals surface area contributed by atoms with Gasteiger partial charge >= 0.3 is 0 Å². The smallest absolute Gasteiger partial charge is 0.211 e. The Balaban J connectivity index is 1.73. The summed E-state index contributed by atoms with van der Waals surface area (Å²) in [5.74, 6) is 1.72. The lowest BCUT2D eigenvalue weighted by atomic mass is 9.94. The Bertz CT molecular complexity index is 693. The maximum Gasteiger partial charge on any atom is 0.211 e. The molecule has 24 heavy (non-hydrogen) atoms. The van der Waals surface area contributed by atoms with Crippen molar-refractivity contribution in [2.75, 3.05) is 19.7 Å². The van der Waals surface area contributed by atoms with Crippen molar-refractivity contribution in [3.63, 3.8) is 0 Å². The lowest BCUT2D eigenvalue weighted by Crippen LogP contribution is -2.40. The van der Waals surface area contributed by atoms with Crippen molar-refractivity contribution in [2.45, 2.75) is 45.3 Å². The summed E-state index contributed by atoms with van der Waals surface area (Å²) in [5.41, 5.74) is 1.18. The largest absolute Gasteiger partial charge is 0.443 e. The Morgan fingerprint density at radius 3 is 2.79 bits per heavy atom. The molecular weight excluding hydrogens is 368 g/mol. The third-order valence-electron chi connectivity index (χ3n) is 4.49. The number of aromatic nitrogens is 1. The van der Waals surface area contributed by atoms with E-state index in [9.17, 15) is 0 Å². The highest BCUT2D eigenvalue weighted by Gasteiger charge is 2.29. The lowest BCUT2D eigenvalue weighted by molar-refractivity contribution is -0.0465. The van der Waals surface area contributed by atoms with Crippen LogP contribution >= 0.6 is 15.9 Å². The van der Waals surface area contributed by atoms with Crippen LogP contribution in [0.3, 0.4) is 0 Å². The van der Waals surface area contributed by atoms with E-state index in [-0.39, 0.29) is 17.6 Å². The van der Waals surface area contributed by atoms with Gasteiger partial charge in [0.25, 0.3) is 0 Å². The van der Waals surface area contributed by atoms with E-state index in [1.54, 1.807) is 0 Å². The van der Waals surface area contributed by atoms with Gasteiger partial charge in [0.05, 0.1) is 24.9 Å². The normalized spacial score (nSPS) is 21.0. The number of nitrogens with zero attached hydrogens (tertiary/aromatic N) is 2. The SMILES string of the molecule is C[C@H](c1ncc(C(C)(C)C)o1)N1CCO[C@H](c2cccc(Br)c2)C1. The Morgan fingerprint density at radius 1 is 1.33 bits per heavy atom. The lowest BCUT2D eigenvalue weighted by Gasteiger charge is -2.35. The van der Waals surface area contributed by atoms with E-state index in [2.05, 4.69) is 71.7 Å². The number of hydrogen-bond donors (Lipinski definition) is 0. The van der Waals surface area contributed by atoms with Gasteiger partial charge in [-0.05, 0) is 24.6 Å². The fourth-order valence-electron chi connectivity index (χ4n) is 2.91. The highest BCUT2D eigenvalue weighted by atomic mass is 79.9. The van der Waals surface area contributed by atoms with Crippen LogP contribution in [0.5, 0.6) is 0 Å². The highest BCUT2D eigenvalue weighted by Crippen LogP contribution is 2.31. The van der Waals surface area contributed by atoms with Crippen LogP contribution in [0, 0.1) is 0 Å². The van der Waals surface area contributed by atoms with E-state index in [1.165, 1.54) is 5.56 Å². The third-order valence-corrected chi connectivity index (χ3v) is 4.98. The van der Waals surface area contributed by atoms with Crippen molar-refractivity contribution in [2.24, 2.45) is 0 Å². The van der Waals surface area contributed by atoms with Crippen molar-refractivity contribution >= 4 is 15.9 Å². The molecule has 0 spiro atoms. The van der Waals surface area contributed by atoms with Crippen LogP contribution in [-0.2, 0) is 10.2 Å². The molecule has 3 rings (SSSR count). The van der Waals surface area contributed by atoms with Gasteiger partial charge < -0.3 is 9.15 Å². The summed E-state index contributed by atoms with van der Waals surface area (Å²) in [6.07, 6.45) is 1.94. The molecule has 1 aliphatic rings. The fourth-order valence-corrected chi connectivity index (χ4v) is 3.33. The maximum absolute atomic E-state index is 6.02. The summed E-state index contributed by atoms with van der Waals surface area (Å²) in [5, 5.41) is 0. The van der Waals surface area contributed by atoms with Gasteiger partial charge in [0, 0.05) is 23.0 Å². The van der Waals surface area contributed by atoms with Crippen molar-refractivity contribution in [1.29, 1.82) is 0 Å². The average Bonchev–Trinajstić information content (AvgIpc) is 3.04. The molecule has 0 amide bonds. The monoisotopic (exact) mass is 392 g/mol. The zero-order valence-corrected chi connectivity index (χ0v) is 16.3. The second-order valence-corrected chi connectivity index (χ2v) is 8.31. The Morgan fingerprint density at radius 2 is 2.12 bits per heavy atom. The van der Waals surface area contributed by atoms with Gasteiger partial charge in [-0.3, -0.25) is 4.90 Å². The average molecular weight is 393 g/mol. The molecule has 0 radical (unpaired) electrons. The zero-order chi connectivity index (χ0) is 17.3. The van der Waals surface area contributed by atoms with Crippen LogP contribution in [0.15, 0.2) is 39.4 Å². The number of benzene rings is 1. The first-order valence-electron chi connectivity index (χ1n) is 8.42. The van der Waals surface area contributed by atoms with Crippen molar-refractivity contribution in [3.8, 4) is 0 Å². The van der Waals surface area contributed by atoms with E-state index in [0.717, 1.165) is 29.2 Å². The number of ether oxygens (including phenoxy) is 1. The molecule has 1 aromatic heterocycles. The maximum atomic E-state index is 6.02. The molecule has 1 aliphatic heterocycles. The van der Waals surface area contributed by atoms with Crippen molar-refractivity contribution in [1.82, 2.24) is 9.88 Å². The van der Waals surface area contributed by atoms with Gasteiger partial charge in [0.15, 0.2) is 0 Å². The van der Waals surface area contributed by atoms with Crippen molar-refractivity contribution in [3.05, 3.63) is 52.1 Å². The molecule has 1 saturated heterocycles. The summed E-state index contributed by atoms with van der Waals surface area (Å²) < 4.78 is 13.1. The Labute approximate surface area is 152 Å². The molecule has 0 aliphatic carbocycles. The minimum absolute atomic E-state index is 0.0190. The first-order valence-corrected chi connectivity index (χ1v) is 9.21. The van der Waals surface area contributed by atoms with Gasteiger partial charge in [0.1, 0.15) is 5.76 Å². The first-order chi connectivity index (χ1) is 11.3. The second kappa shape index (κ2) is 6.98. The first kappa shape index (κ1) is 17.6. The molecule has 5 heteroatoms. The molecule has 1 fully saturated rings. The number of halogens is 1. The van der Waals surface area contributed by atoms with Gasteiger partial charge in [-0.2, -0.15) is 0 Å². The fraction of sp³-hybridized carbons (Fsp3) is 0.526. The van der Waals surface area contributed by atoms with Crippen LogP contribution in [-0.4, -0.2) is 29.6 Å². The van der Waals surface area contributed by atoms with E-state index < -0.39 is 0 Å². The molecule has 0 unspecified atom stereocenters. The molecule has 130 valence electrons. The zero-order valence-electron chi connectivity index (χ0n) is 14.8. The van der Waals surface area contributed by atoms with Crippen LogP contribution < -0.4 is 0 Å². The molecule has 0 saturated carbocycles. The van der Waals surface area contributed by atoms with Crippen molar-refractivity contribution < 1.29 is 9.15 Å². The Kier molecular flexibility index (Phi) is 5.13. The minimum Gasteiger partial charge on any atom is -0.443 e. The quantitative estimate of drug-likeness (QED) is 0.746. The van der Waals surface area contributed by atoms with Gasteiger partial charge in [-0.15, -0.1) is 0 Å². The summed E-state index contributed by atoms with van der Waals surface area (Å²) in [6, 6.07) is 8.47. The third kappa shape index (κ3) is 3.90. The molecule has 1 aromatic carbocycles. The summed E-state index contributed by atoms with van der Waals surface area (Å²) in [4.78, 5) is 6.90. The topological polar surface area (TPSA) is 38.5 Å². The second-order valence-electron chi connectivity index (χ2n) is 7.40. The number of oxazole rings is 1. The molecule has 0 N–H and O–H groups in total. The predicted molar refractivity (Wildman–Crippen MR) is 98.0 cm³/mol. The molecule has 0 bridgehead atoms. The summed E-state index contributed by atoms with van der Waals surface area (Å²) in [6.45, 7) is 11.0. The van der Waals surface area contributed by atoms with Crippen LogP contribution in [0.4, 0.5) is 0 Å². The minimum atomic E-state index is -0.0190. The van der Waals surface area contributed by atoms with Crippen LogP contribution in [0.25, 0.3) is 0 Å². The molecule has 2 aromatic rings.